The molecule has 0 amide bonds. The number of anilines is 6. The maximum atomic E-state index is 2.50. The first-order chi connectivity index (χ1) is 30.3. The van der Waals surface area contributed by atoms with Crippen LogP contribution in [0.25, 0.3) is 32.3 Å². The third-order valence-corrected chi connectivity index (χ3v) is 13.5. The second-order valence-electron chi connectivity index (χ2n) is 21.6. The first-order valence-corrected chi connectivity index (χ1v) is 23.8. The molecule has 2 nitrogen and oxygen atoms in total. The van der Waals surface area contributed by atoms with E-state index in [1.165, 1.54) is 77.1 Å². The molecule has 0 unspecified atom stereocenters. The van der Waals surface area contributed by atoms with E-state index in [1.54, 1.807) is 0 Å². The maximum Gasteiger partial charge on any atom is 0.0546 e. The van der Waals surface area contributed by atoms with Crippen LogP contribution in [0.4, 0.5) is 34.1 Å². The molecule has 0 saturated carbocycles. The fourth-order valence-corrected chi connectivity index (χ4v) is 9.20. The minimum atomic E-state index is -0.0396. The zero-order valence-corrected chi connectivity index (χ0v) is 41.1. The molecule has 0 aliphatic heterocycles. The first-order valence-electron chi connectivity index (χ1n) is 23.8. The lowest BCUT2D eigenvalue weighted by atomic mass is 9.83. The van der Waals surface area contributed by atoms with Gasteiger partial charge in [-0.3, -0.25) is 0 Å². The molecule has 0 fully saturated rings. The van der Waals surface area contributed by atoms with Crippen LogP contribution in [0.3, 0.4) is 0 Å². The summed E-state index contributed by atoms with van der Waals surface area (Å²) in [5, 5.41) is 7.47. The summed E-state index contributed by atoms with van der Waals surface area (Å²) in [7, 11) is 0. The molecule has 0 radical (unpaired) electrons. The van der Waals surface area contributed by atoms with Gasteiger partial charge in [0.15, 0.2) is 0 Å². The molecular formula is C62H70N2. The summed E-state index contributed by atoms with van der Waals surface area (Å²) in [5.41, 5.74) is 14.9. The van der Waals surface area contributed by atoms with Crippen molar-refractivity contribution in [1.82, 2.24) is 0 Å². The minimum Gasteiger partial charge on any atom is -0.310 e. The molecule has 8 rings (SSSR count). The molecule has 2 heteroatoms. The van der Waals surface area contributed by atoms with Crippen LogP contribution in [-0.4, -0.2) is 0 Å². The molecule has 0 heterocycles. The van der Waals surface area contributed by atoms with Crippen molar-refractivity contribution < 1.29 is 0 Å². The summed E-state index contributed by atoms with van der Waals surface area (Å²) < 4.78 is 0. The molecule has 0 aromatic heterocycles. The standard InChI is InChI=1S/C62H70N2/c1-39(2)43-15-25-49(26-16-43)63(50-27-17-44(18-28-50)40(3)4)59-37-55-54-34-24-48(62(12,13)14)36-58(54)60(38-56(55)53-33-23-47(35-57(53)59)61(9,10)11)64(51-29-19-45(20-30-51)41(5)6)52-31-21-46(22-32-52)42(7)8/h15-42H,1-14H3. The van der Waals surface area contributed by atoms with Crippen LogP contribution in [0.5, 0.6) is 0 Å². The van der Waals surface area contributed by atoms with Crippen LogP contribution in [0, 0.1) is 0 Å². The van der Waals surface area contributed by atoms with Gasteiger partial charge in [0.2, 0.25) is 0 Å². The predicted molar refractivity (Wildman–Crippen MR) is 282 cm³/mol. The van der Waals surface area contributed by atoms with E-state index >= 15 is 0 Å². The van der Waals surface area contributed by atoms with Gasteiger partial charge >= 0.3 is 0 Å². The largest absolute Gasteiger partial charge is 0.310 e. The van der Waals surface area contributed by atoms with E-state index in [4.69, 9.17) is 0 Å². The molecule has 0 aliphatic rings. The van der Waals surface area contributed by atoms with Crippen molar-refractivity contribution in [2.75, 3.05) is 9.80 Å². The van der Waals surface area contributed by atoms with Gasteiger partial charge in [-0.15, -0.1) is 0 Å². The summed E-state index contributed by atoms with van der Waals surface area (Å²) in [6, 6.07) is 56.5. The van der Waals surface area contributed by atoms with Gasteiger partial charge in [0.1, 0.15) is 0 Å². The van der Waals surface area contributed by atoms with Gasteiger partial charge in [0.25, 0.3) is 0 Å². The molecule has 0 saturated heterocycles. The van der Waals surface area contributed by atoms with E-state index in [0.717, 1.165) is 22.7 Å². The molecule has 64 heavy (non-hydrogen) atoms. The zero-order valence-electron chi connectivity index (χ0n) is 41.1. The Morgan fingerprint density at radius 1 is 0.281 bits per heavy atom. The summed E-state index contributed by atoms with van der Waals surface area (Å²) in [6.07, 6.45) is 0. The van der Waals surface area contributed by atoms with Crippen LogP contribution >= 0.6 is 0 Å². The Labute approximate surface area is 385 Å². The van der Waals surface area contributed by atoms with Gasteiger partial charge in [-0.05, 0) is 162 Å². The molecule has 0 bridgehead atoms. The van der Waals surface area contributed by atoms with Gasteiger partial charge in [0, 0.05) is 33.5 Å². The second kappa shape index (κ2) is 17.3. The number of nitrogens with zero attached hydrogens (tertiary/aromatic N) is 2. The Morgan fingerprint density at radius 2 is 0.531 bits per heavy atom. The maximum absolute atomic E-state index is 2.50. The Hall–Kier alpha value is -5.86. The highest BCUT2D eigenvalue weighted by atomic mass is 15.2. The zero-order chi connectivity index (χ0) is 45.8. The molecule has 8 aromatic rings. The highest BCUT2D eigenvalue weighted by Gasteiger charge is 2.26. The van der Waals surface area contributed by atoms with Gasteiger partial charge < -0.3 is 9.80 Å². The molecule has 0 spiro atoms. The summed E-state index contributed by atoms with van der Waals surface area (Å²) in [4.78, 5) is 5.01. The monoisotopic (exact) mass is 843 g/mol. The molecule has 8 aromatic carbocycles. The van der Waals surface area contributed by atoms with Crippen molar-refractivity contribution >= 4 is 66.4 Å². The van der Waals surface area contributed by atoms with Crippen LogP contribution in [0.1, 0.15) is 154 Å². The van der Waals surface area contributed by atoms with Crippen molar-refractivity contribution in [2.45, 2.75) is 131 Å². The minimum absolute atomic E-state index is 0.0396. The Kier molecular flexibility index (Phi) is 12.1. The van der Waals surface area contributed by atoms with E-state index in [2.05, 4.69) is 252 Å². The lowest BCUT2D eigenvalue weighted by molar-refractivity contribution is 0.591. The number of hydrogen-bond acceptors (Lipinski definition) is 2. The molecule has 0 aliphatic carbocycles. The van der Waals surface area contributed by atoms with E-state index in [1.807, 2.05) is 0 Å². The second-order valence-corrected chi connectivity index (χ2v) is 21.6. The summed E-state index contributed by atoms with van der Waals surface area (Å²) >= 11 is 0. The molecule has 328 valence electrons. The van der Waals surface area contributed by atoms with Crippen LogP contribution in [0.2, 0.25) is 0 Å². The van der Waals surface area contributed by atoms with Crippen LogP contribution in [-0.2, 0) is 10.8 Å². The van der Waals surface area contributed by atoms with Gasteiger partial charge in [-0.2, -0.15) is 0 Å². The normalized spacial score (nSPS) is 12.5. The van der Waals surface area contributed by atoms with Crippen molar-refractivity contribution in [2.24, 2.45) is 0 Å². The van der Waals surface area contributed by atoms with E-state index in [9.17, 15) is 0 Å². The molecule has 0 atom stereocenters. The van der Waals surface area contributed by atoms with Gasteiger partial charge in [-0.25, -0.2) is 0 Å². The number of benzene rings is 8. The summed E-state index contributed by atoms with van der Waals surface area (Å²) in [6.45, 7) is 32.1. The number of rotatable bonds is 10. The third-order valence-electron chi connectivity index (χ3n) is 13.5. The smallest absolute Gasteiger partial charge is 0.0546 e. The van der Waals surface area contributed by atoms with E-state index in [0.29, 0.717) is 23.7 Å². The molecular weight excluding hydrogens is 773 g/mol. The van der Waals surface area contributed by atoms with Crippen molar-refractivity contribution in [3.63, 3.8) is 0 Å². The van der Waals surface area contributed by atoms with E-state index in [-0.39, 0.29) is 10.8 Å². The predicted octanol–water partition coefficient (Wildman–Crippen LogP) is 19.2. The fraction of sp³-hybridized carbons (Fsp3) is 0.323. The van der Waals surface area contributed by atoms with Crippen molar-refractivity contribution in [3.8, 4) is 0 Å². The summed E-state index contributed by atoms with van der Waals surface area (Å²) in [5.74, 6) is 1.79. The van der Waals surface area contributed by atoms with Crippen molar-refractivity contribution in [3.05, 3.63) is 179 Å². The fourth-order valence-electron chi connectivity index (χ4n) is 9.20. The Morgan fingerprint density at radius 3 is 0.750 bits per heavy atom. The quantitative estimate of drug-likeness (QED) is 0.127. The average Bonchev–Trinajstić information content (AvgIpc) is 3.26. The Balaban J connectivity index is 1.51. The van der Waals surface area contributed by atoms with Crippen LogP contribution in [0.15, 0.2) is 146 Å². The van der Waals surface area contributed by atoms with E-state index < -0.39 is 0 Å². The lowest BCUT2D eigenvalue weighted by Gasteiger charge is -2.31. The highest BCUT2D eigenvalue weighted by molar-refractivity contribution is 6.24. The lowest BCUT2D eigenvalue weighted by Crippen LogP contribution is -2.14. The van der Waals surface area contributed by atoms with Crippen LogP contribution < -0.4 is 9.80 Å². The average molecular weight is 843 g/mol. The van der Waals surface area contributed by atoms with Crippen molar-refractivity contribution in [1.29, 1.82) is 0 Å². The first kappa shape index (κ1) is 44.7. The Bertz CT molecular complexity index is 2610. The van der Waals surface area contributed by atoms with Gasteiger partial charge in [-0.1, -0.05) is 170 Å². The number of hydrogen-bond donors (Lipinski definition) is 0. The number of fused-ring (bicyclic) bond motifs is 5. The SMILES string of the molecule is CC(C)c1ccc(N(c2ccc(C(C)C)cc2)c2cc3c4ccc(C(C)(C)C)cc4c(N(c4ccc(C(C)C)cc4)c4ccc(C(C)C)cc4)cc3c3ccc(C(C)(C)C)cc23)cc1. The van der Waals surface area contributed by atoms with Gasteiger partial charge in [0.05, 0.1) is 11.4 Å². The topological polar surface area (TPSA) is 6.48 Å². The highest BCUT2D eigenvalue weighted by Crippen LogP contribution is 2.49. The third kappa shape index (κ3) is 8.69. The molecule has 0 N–H and O–H groups in total.